The van der Waals surface area contributed by atoms with Crippen LogP contribution < -0.4 is 5.32 Å². The number of carbonyl (C=O) groups excluding carboxylic acids is 1. The highest BCUT2D eigenvalue weighted by atomic mass is 32.2. The third-order valence-corrected chi connectivity index (χ3v) is 1.08. The van der Waals surface area contributed by atoms with Crippen molar-refractivity contribution < 1.29 is 17.8 Å². The van der Waals surface area contributed by atoms with Crippen LogP contribution in [0.2, 0.25) is 0 Å². The van der Waals surface area contributed by atoms with Crippen molar-refractivity contribution in [1.29, 1.82) is 0 Å². The van der Waals surface area contributed by atoms with Gasteiger partial charge in [-0.1, -0.05) is 0 Å². The van der Waals surface area contributed by atoms with Crippen LogP contribution in [-0.2, 0) is 14.9 Å². The van der Waals surface area contributed by atoms with Gasteiger partial charge in [0.05, 0.1) is 6.54 Å². The molecule has 0 amide bonds. The Kier molecular flexibility index (Phi) is 3.36. The van der Waals surface area contributed by atoms with E-state index in [0.29, 0.717) is 6.29 Å². The maximum Gasteiger partial charge on any atom is 0.278 e. The van der Waals surface area contributed by atoms with Gasteiger partial charge >= 0.3 is 0 Å². The quantitative estimate of drug-likeness (QED) is 0.295. The number of hydrogen-bond donors (Lipinski definition) is 2. The Balaban J connectivity index is 3.40. The first-order valence-electron chi connectivity index (χ1n) is 2.16. The molecule has 0 spiro atoms. The number of carbonyl (C=O) groups is 1. The lowest BCUT2D eigenvalue weighted by atomic mass is 10.7. The van der Waals surface area contributed by atoms with Crippen molar-refractivity contribution in [3.8, 4) is 0 Å². The van der Waals surface area contributed by atoms with Gasteiger partial charge in [-0.15, -0.1) is 0 Å². The number of nitrogens with one attached hydrogen (secondary N) is 1. The highest BCUT2D eigenvalue weighted by Crippen LogP contribution is 1.73. The Morgan fingerprint density at radius 2 is 2.11 bits per heavy atom. The van der Waals surface area contributed by atoms with Crippen molar-refractivity contribution in [2.75, 3.05) is 12.4 Å². The summed E-state index contributed by atoms with van der Waals surface area (Å²) in [5.74, 6) is -0.578. The van der Waals surface area contributed by atoms with Gasteiger partial charge in [-0.2, -0.15) is 8.42 Å². The fourth-order valence-electron chi connectivity index (χ4n) is 0.247. The molecule has 0 bridgehead atoms. The zero-order chi connectivity index (χ0) is 7.33. The zero-order valence-corrected chi connectivity index (χ0v) is 5.39. The molecule has 6 heteroatoms. The molecular formula is C3H7NO4S. The fourth-order valence-corrected chi connectivity index (χ4v) is 0.623. The summed E-state index contributed by atoms with van der Waals surface area (Å²) >= 11 is 0. The lowest BCUT2D eigenvalue weighted by molar-refractivity contribution is -0.107. The van der Waals surface area contributed by atoms with Crippen molar-refractivity contribution >= 4 is 16.4 Å². The van der Waals surface area contributed by atoms with Crippen molar-refractivity contribution in [2.24, 2.45) is 0 Å². The van der Waals surface area contributed by atoms with Crippen molar-refractivity contribution in [3.63, 3.8) is 0 Å². The molecule has 0 radical (unpaired) electrons. The van der Waals surface area contributed by atoms with Crippen molar-refractivity contribution in [3.05, 3.63) is 0 Å². The third-order valence-electron chi connectivity index (χ3n) is 0.512. The largest absolute Gasteiger partial charge is 0.302 e. The van der Waals surface area contributed by atoms with Gasteiger partial charge in [-0.3, -0.25) is 9.87 Å². The van der Waals surface area contributed by atoms with Crippen molar-refractivity contribution in [1.82, 2.24) is 5.32 Å². The first kappa shape index (κ1) is 8.54. The molecular weight excluding hydrogens is 146 g/mol. The normalized spacial score (nSPS) is 11.2. The summed E-state index contributed by atoms with van der Waals surface area (Å²) < 4.78 is 27.8. The molecule has 0 saturated heterocycles. The third kappa shape index (κ3) is 7.54. The van der Waals surface area contributed by atoms with E-state index in [2.05, 4.69) is 5.32 Å². The van der Waals surface area contributed by atoms with Gasteiger partial charge in [0.2, 0.25) is 0 Å². The lowest BCUT2D eigenvalue weighted by Gasteiger charge is -1.93. The second-order valence-electron chi connectivity index (χ2n) is 1.35. The Hall–Kier alpha value is -0.460. The molecule has 2 N–H and O–H groups in total. The molecule has 9 heavy (non-hydrogen) atoms. The van der Waals surface area contributed by atoms with E-state index >= 15 is 0 Å². The Bertz CT molecular complexity index is 172. The van der Waals surface area contributed by atoms with E-state index in [1.807, 2.05) is 0 Å². The van der Waals surface area contributed by atoms with Crippen LogP contribution in [0.4, 0.5) is 0 Å². The van der Waals surface area contributed by atoms with Crippen LogP contribution in [0.25, 0.3) is 0 Å². The van der Waals surface area contributed by atoms with E-state index in [4.69, 9.17) is 4.55 Å². The van der Waals surface area contributed by atoms with Crippen LogP contribution in [-0.4, -0.2) is 31.7 Å². The van der Waals surface area contributed by atoms with E-state index in [9.17, 15) is 13.2 Å². The second-order valence-corrected chi connectivity index (χ2v) is 2.80. The van der Waals surface area contributed by atoms with Crippen molar-refractivity contribution in [2.45, 2.75) is 0 Å². The zero-order valence-electron chi connectivity index (χ0n) is 4.57. The molecule has 0 saturated carbocycles. The van der Waals surface area contributed by atoms with E-state index < -0.39 is 16.0 Å². The van der Waals surface area contributed by atoms with Gasteiger partial charge in [0, 0.05) is 0 Å². The summed E-state index contributed by atoms with van der Waals surface area (Å²) in [6.07, 6.45) is 0.505. The molecule has 0 fully saturated rings. The smallest absolute Gasteiger partial charge is 0.278 e. The molecule has 0 atom stereocenters. The van der Waals surface area contributed by atoms with Crippen LogP contribution in [0, 0.1) is 0 Å². The molecule has 0 unspecified atom stereocenters. The molecule has 54 valence electrons. The first-order valence-corrected chi connectivity index (χ1v) is 3.76. The minimum absolute atomic E-state index is 0.0697. The summed E-state index contributed by atoms with van der Waals surface area (Å²) in [4.78, 5) is 9.55. The summed E-state index contributed by atoms with van der Waals surface area (Å²) in [6.45, 7) is -0.0697. The highest BCUT2D eigenvalue weighted by molar-refractivity contribution is 7.85. The van der Waals surface area contributed by atoms with Crippen LogP contribution >= 0.6 is 0 Å². The molecule has 0 heterocycles. The van der Waals surface area contributed by atoms with Gasteiger partial charge in [-0.05, 0) is 0 Å². The molecule has 0 aromatic rings. The lowest BCUT2D eigenvalue weighted by Crippen LogP contribution is -2.23. The van der Waals surface area contributed by atoms with E-state index in [1.165, 1.54) is 0 Å². The highest BCUT2D eigenvalue weighted by Gasteiger charge is 2.00. The Morgan fingerprint density at radius 3 is 2.44 bits per heavy atom. The van der Waals surface area contributed by atoms with Gasteiger partial charge in [0.1, 0.15) is 12.2 Å². The topological polar surface area (TPSA) is 83.5 Å². The average molecular weight is 153 g/mol. The maximum absolute atomic E-state index is 9.88. The fraction of sp³-hybridized carbons (Fsp3) is 0.667. The van der Waals surface area contributed by atoms with Gasteiger partial charge in [0.15, 0.2) is 0 Å². The average Bonchev–Trinajstić information content (AvgIpc) is 1.63. The van der Waals surface area contributed by atoms with Crippen LogP contribution in [0.1, 0.15) is 0 Å². The minimum atomic E-state index is -3.97. The summed E-state index contributed by atoms with van der Waals surface area (Å²) in [5, 5.41) is 2.17. The van der Waals surface area contributed by atoms with E-state index in [0.717, 1.165) is 0 Å². The predicted molar refractivity (Wildman–Crippen MR) is 30.5 cm³/mol. The van der Waals surface area contributed by atoms with E-state index in [1.54, 1.807) is 0 Å². The monoisotopic (exact) mass is 153 g/mol. The molecule has 5 nitrogen and oxygen atoms in total. The van der Waals surface area contributed by atoms with Crippen LogP contribution in [0.3, 0.4) is 0 Å². The van der Waals surface area contributed by atoms with Gasteiger partial charge in [-0.25, -0.2) is 0 Å². The first-order chi connectivity index (χ1) is 4.06. The second kappa shape index (κ2) is 3.54. The standard InChI is InChI=1S/C3H7NO4S/c5-2-1-4-3-9(6,7)8/h2,4H,1,3H2,(H,6,7,8). The van der Waals surface area contributed by atoms with Crippen LogP contribution in [0.5, 0.6) is 0 Å². The van der Waals surface area contributed by atoms with Crippen LogP contribution in [0.15, 0.2) is 0 Å². The summed E-state index contributed by atoms with van der Waals surface area (Å²) in [7, 11) is -3.97. The Labute approximate surface area is 52.8 Å². The number of rotatable bonds is 4. The number of hydrogen-bond acceptors (Lipinski definition) is 4. The maximum atomic E-state index is 9.88. The SMILES string of the molecule is O=CCNCS(=O)(=O)O. The predicted octanol–water partition coefficient (Wildman–Crippen LogP) is -1.38. The van der Waals surface area contributed by atoms with Gasteiger partial charge < -0.3 is 4.79 Å². The molecule has 0 rings (SSSR count). The summed E-state index contributed by atoms with van der Waals surface area (Å²) in [6, 6.07) is 0. The molecule has 0 aromatic heterocycles. The van der Waals surface area contributed by atoms with E-state index in [-0.39, 0.29) is 6.54 Å². The molecule has 0 aliphatic carbocycles. The molecule has 0 aromatic carbocycles. The molecule has 0 aliphatic rings. The molecule has 0 aliphatic heterocycles. The number of aldehydes is 1. The Morgan fingerprint density at radius 1 is 1.56 bits per heavy atom. The van der Waals surface area contributed by atoms with Gasteiger partial charge in [0.25, 0.3) is 10.1 Å². The summed E-state index contributed by atoms with van der Waals surface area (Å²) in [5.41, 5.74) is 0. The minimum Gasteiger partial charge on any atom is -0.302 e.